The summed E-state index contributed by atoms with van der Waals surface area (Å²) >= 11 is 5.30. The van der Waals surface area contributed by atoms with Crippen LogP contribution < -0.4 is 10.6 Å². The van der Waals surface area contributed by atoms with E-state index in [-0.39, 0.29) is 0 Å². The lowest BCUT2D eigenvalue weighted by atomic mass is 10.1. The van der Waals surface area contributed by atoms with Gasteiger partial charge < -0.3 is 20.3 Å². The third-order valence-corrected chi connectivity index (χ3v) is 4.51. The van der Waals surface area contributed by atoms with E-state index < -0.39 is 0 Å². The maximum absolute atomic E-state index is 5.80. The lowest BCUT2D eigenvalue weighted by molar-refractivity contribution is -0.0704. The van der Waals surface area contributed by atoms with Crippen molar-refractivity contribution in [1.29, 1.82) is 0 Å². The molecular formula is C19H32N4OS. The number of hydrogen-bond acceptors (Lipinski definition) is 4. The van der Waals surface area contributed by atoms with Gasteiger partial charge in [0, 0.05) is 39.3 Å². The number of benzene rings is 1. The van der Waals surface area contributed by atoms with E-state index in [4.69, 9.17) is 17.0 Å². The first kappa shape index (κ1) is 20.1. The zero-order chi connectivity index (χ0) is 18.2. The Morgan fingerprint density at radius 2 is 1.72 bits per heavy atom. The van der Waals surface area contributed by atoms with Crippen LogP contribution in [0.15, 0.2) is 24.3 Å². The molecule has 0 amide bonds. The van der Waals surface area contributed by atoms with Gasteiger partial charge in [-0.1, -0.05) is 24.3 Å². The Morgan fingerprint density at radius 3 is 2.32 bits per heavy atom. The molecule has 0 unspecified atom stereocenters. The van der Waals surface area contributed by atoms with Gasteiger partial charge in [0.25, 0.3) is 0 Å². The fourth-order valence-corrected chi connectivity index (χ4v) is 3.25. The topological polar surface area (TPSA) is 39.8 Å². The molecule has 0 radical (unpaired) electrons. The molecule has 6 heteroatoms. The zero-order valence-corrected chi connectivity index (χ0v) is 16.7. The molecule has 1 fully saturated rings. The molecule has 1 aromatic rings. The summed E-state index contributed by atoms with van der Waals surface area (Å²) in [4.78, 5) is 4.60. The molecule has 0 aromatic heterocycles. The maximum Gasteiger partial charge on any atom is 0.166 e. The number of nitrogens with one attached hydrogen (secondary N) is 2. The second-order valence-electron chi connectivity index (χ2n) is 7.18. The van der Waals surface area contributed by atoms with E-state index in [9.17, 15) is 0 Å². The van der Waals surface area contributed by atoms with Crippen molar-refractivity contribution in [2.45, 2.75) is 39.1 Å². The van der Waals surface area contributed by atoms with Crippen molar-refractivity contribution in [2.24, 2.45) is 0 Å². The predicted molar refractivity (Wildman–Crippen MR) is 108 cm³/mol. The van der Waals surface area contributed by atoms with Gasteiger partial charge in [0.1, 0.15) is 0 Å². The summed E-state index contributed by atoms with van der Waals surface area (Å²) in [6.45, 7) is 9.85. The Labute approximate surface area is 157 Å². The van der Waals surface area contributed by atoms with Crippen LogP contribution in [0.2, 0.25) is 0 Å². The molecule has 25 heavy (non-hydrogen) atoms. The molecule has 0 aliphatic carbocycles. The van der Waals surface area contributed by atoms with Gasteiger partial charge in [-0.05, 0) is 51.3 Å². The molecule has 0 spiro atoms. The van der Waals surface area contributed by atoms with Crippen molar-refractivity contribution in [3.8, 4) is 0 Å². The highest BCUT2D eigenvalue weighted by molar-refractivity contribution is 7.80. The van der Waals surface area contributed by atoms with E-state index in [1.165, 1.54) is 11.1 Å². The Balaban J connectivity index is 1.73. The molecule has 5 nitrogen and oxygen atoms in total. The number of ether oxygens (including phenoxy) is 1. The summed E-state index contributed by atoms with van der Waals surface area (Å²) in [5, 5.41) is 7.19. The fraction of sp³-hybridized carbons (Fsp3) is 0.632. The van der Waals surface area contributed by atoms with Crippen LogP contribution in [0, 0.1) is 0 Å². The van der Waals surface area contributed by atoms with Crippen molar-refractivity contribution >= 4 is 17.3 Å². The largest absolute Gasteiger partial charge is 0.373 e. The van der Waals surface area contributed by atoms with Crippen LogP contribution >= 0.6 is 12.2 Å². The first-order chi connectivity index (χ1) is 11.9. The Bertz CT molecular complexity index is 525. The molecule has 2 N–H and O–H groups in total. The lowest BCUT2D eigenvalue weighted by Gasteiger charge is -2.35. The highest BCUT2D eigenvalue weighted by Gasteiger charge is 2.21. The van der Waals surface area contributed by atoms with Gasteiger partial charge >= 0.3 is 0 Å². The van der Waals surface area contributed by atoms with E-state index in [2.05, 4.69) is 72.6 Å². The van der Waals surface area contributed by atoms with Gasteiger partial charge in [0.15, 0.2) is 5.11 Å². The minimum atomic E-state index is 0.313. The monoisotopic (exact) mass is 364 g/mol. The smallest absolute Gasteiger partial charge is 0.166 e. The van der Waals surface area contributed by atoms with Crippen molar-refractivity contribution in [1.82, 2.24) is 20.4 Å². The van der Waals surface area contributed by atoms with Crippen molar-refractivity contribution in [3.63, 3.8) is 0 Å². The highest BCUT2D eigenvalue weighted by Crippen LogP contribution is 2.14. The SMILES string of the molecule is C[C@@H]1CN(Cc2ccc(CNC(=S)NCCN(C)C)cc2)C[C@@H](C)O1. The van der Waals surface area contributed by atoms with E-state index in [1.807, 2.05) is 0 Å². The highest BCUT2D eigenvalue weighted by atomic mass is 32.1. The summed E-state index contributed by atoms with van der Waals surface area (Å²) in [5.74, 6) is 0. The Hall–Kier alpha value is -1.21. The van der Waals surface area contributed by atoms with Crippen LogP contribution in [0.4, 0.5) is 0 Å². The molecule has 0 bridgehead atoms. The van der Waals surface area contributed by atoms with Gasteiger partial charge in [0.2, 0.25) is 0 Å². The maximum atomic E-state index is 5.80. The van der Waals surface area contributed by atoms with E-state index in [1.54, 1.807) is 0 Å². The molecular weight excluding hydrogens is 332 g/mol. The molecule has 1 aliphatic heterocycles. The van der Waals surface area contributed by atoms with Crippen LogP contribution in [0.25, 0.3) is 0 Å². The molecule has 1 aromatic carbocycles. The number of hydrogen-bond donors (Lipinski definition) is 2. The number of thiocarbonyl (C=S) groups is 1. The number of nitrogens with zero attached hydrogens (tertiary/aromatic N) is 2. The fourth-order valence-electron chi connectivity index (χ4n) is 3.07. The summed E-state index contributed by atoms with van der Waals surface area (Å²) in [6.07, 6.45) is 0.626. The molecule has 140 valence electrons. The van der Waals surface area contributed by atoms with Crippen LogP contribution in [0.5, 0.6) is 0 Å². The quantitative estimate of drug-likeness (QED) is 0.719. The van der Waals surface area contributed by atoms with Gasteiger partial charge in [-0.15, -0.1) is 0 Å². The van der Waals surface area contributed by atoms with Gasteiger partial charge in [-0.2, -0.15) is 0 Å². The van der Waals surface area contributed by atoms with Crippen LogP contribution in [-0.2, 0) is 17.8 Å². The molecule has 0 saturated carbocycles. The number of likely N-dealkylation sites (N-methyl/N-ethyl adjacent to an activating group) is 1. The Kier molecular flexibility index (Phi) is 8.09. The van der Waals surface area contributed by atoms with E-state index in [0.717, 1.165) is 39.3 Å². The summed E-state index contributed by atoms with van der Waals surface area (Å²) in [5.41, 5.74) is 2.58. The second kappa shape index (κ2) is 10.1. The Morgan fingerprint density at radius 1 is 1.12 bits per heavy atom. The molecule has 1 aliphatic rings. The summed E-state index contributed by atoms with van der Waals surface area (Å²) < 4.78 is 5.80. The van der Waals surface area contributed by atoms with Gasteiger partial charge in [-0.25, -0.2) is 0 Å². The first-order valence-electron chi connectivity index (χ1n) is 9.04. The number of morpholine rings is 1. The second-order valence-corrected chi connectivity index (χ2v) is 7.59. The van der Waals surface area contributed by atoms with Crippen molar-refractivity contribution < 1.29 is 4.74 Å². The van der Waals surface area contributed by atoms with Crippen LogP contribution in [-0.4, -0.2) is 67.4 Å². The zero-order valence-electron chi connectivity index (χ0n) is 15.9. The molecule has 1 heterocycles. The minimum absolute atomic E-state index is 0.313. The average molecular weight is 365 g/mol. The summed E-state index contributed by atoms with van der Waals surface area (Å²) in [7, 11) is 4.11. The third kappa shape index (κ3) is 7.69. The standard InChI is InChI=1S/C19H32N4OS/c1-15-12-23(13-16(2)24-15)14-18-7-5-17(6-8-18)11-21-19(25)20-9-10-22(3)4/h5-8,15-16H,9-14H2,1-4H3,(H2,20,21,25)/t15-,16-/m1/s1. The first-order valence-corrected chi connectivity index (χ1v) is 9.45. The van der Waals surface area contributed by atoms with Gasteiger partial charge in [0.05, 0.1) is 12.2 Å². The van der Waals surface area contributed by atoms with Crippen molar-refractivity contribution in [3.05, 3.63) is 35.4 Å². The number of rotatable bonds is 7. The predicted octanol–water partition coefficient (Wildman–Crippen LogP) is 1.82. The average Bonchev–Trinajstić information content (AvgIpc) is 2.53. The van der Waals surface area contributed by atoms with Crippen LogP contribution in [0.1, 0.15) is 25.0 Å². The van der Waals surface area contributed by atoms with E-state index >= 15 is 0 Å². The minimum Gasteiger partial charge on any atom is -0.373 e. The van der Waals surface area contributed by atoms with Gasteiger partial charge in [-0.3, -0.25) is 4.90 Å². The van der Waals surface area contributed by atoms with Crippen LogP contribution in [0.3, 0.4) is 0 Å². The summed E-state index contributed by atoms with van der Waals surface area (Å²) in [6, 6.07) is 8.78. The molecule has 2 rings (SSSR count). The van der Waals surface area contributed by atoms with E-state index in [0.29, 0.717) is 17.3 Å². The third-order valence-electron chi connectivity index (χ3n) is 4.22. The normalized spacial score (nSPS) is 21.3. The lowest BCUT2D eigenvalue weighted by Crippen LogP contribution is -2.44. The molecule has 1 saturated heterocycles. The van der Waals surface area contributed by atoms with Crippen molar-refractivity contribution in [2.75, 3.05) is 40.3 Å². The molecule has 2 atom stereocenters.